The zero-order valence-corrected chi connectivity index (χ0v) is 11.6. The number of hydrogen-bond acceptors (Lipinski definition) is 4. The van der Waals surface area contributed by atoms with Crippen LogP contribution in [-0.2, 0) is 14.8 Å². The summed E-state index contributed by atoms with van der Waals surface area (Å²) in [5.41, 5.74) is 0. The van der Waals surface area contributed by atoms with E-state index in [4.69, 9.17) is 0 Å². The van der Waals surface area contributed by atoms with Crippen LogP contribution in [0.15, 0.2) is 34.5 Å². The van der Waals surface area contributed by atoms with Gasteiger partial charge in [0.2, 0.25) is 5.91 Å². The molecule has 1 aromatic heterocycles. The van der Waals surface area contributed by atoms with Gasteiger partial charge in [0.15, 0.2) is 0 Å². The van der Waals surface area contributed by atoms with E-state index in [2.05, 4.69) is 4.72 Å². The number of carbonyl (C=O) groups is 1. The smallest absolute Gasteiger partial charge is 0.264 e. The summed E-state index contributed by atoms with van der Waals surface area (Å²) < 4.78 is 26.9. The molecule has 6 heteroatoms. The molecule has 0 saturated carbocycles. The first-order chi connectivity index (χ1) is 8.40. The third kappa shape index (κ3) is 2.54. The van der Waals surface area contributed by atoms with E-state index in [1.54, 1.807) is 26.0 Å². The number of nitrogens with one attached hydrogen (secondary N) is 1. The van der Waals surface area contributed by atoms with Gasteiger partial charge in [-0.25, -0.2) is 13.1 Å². The second-order valence-corrected chi connectivity index (χ2v) is 6.87. The molecule has 0 bridgehead atoms. The highest BCUT2D eigenvalue weighted by atomic mass is 32.2. The Bertz CT molecular complexity index is 686. The molecule has 1 amide bonds. The number of sulfonamides is 1. The van der Waals surface area contributed by atoms with E-state index in [-0.39, 0.29) is 10.8 Å². The fourth-order valence-corrected chi connectivity index (χ4v) is 3.45. The zero-order chi connectivity index (χ0) is 13.3. The Hall–Kier alpha value is -1.40. The van der Waals surface area contributed by atoms with Gasteiger partial charge in [0.05, 0.1) is 4.90 Å². The van der Waals surface area contributed by atoms with Crippen LogP contribution in [0.3, 0.4) is 0 Å². The molecule has 1 N–H and O–H groups in total. The third-order valence-corrected chi connectivity index (χ3v) is 4.72. The molecule has 1 aromatic carbocycles. The van der Waals surface area contributed by atoms with Crippen LogP contribution in [0.25, 0.3) is 10.1 Å². The first kappa shape index (κ1) is 13.0. The maximum absolute atomic E-state index is 12.0. The van der Waals surface area contributed by atoms with Gasteiger partial charge in [-0.3, -0.25) is 4.79 Å². The Kier molecular flexibility index (Phi) is 3.41. The molecule has 0 aliphatic rings. The van der Waals surface area contributed by atoms with Crippen LogP contribution in [0.1, 0.15) is 13.8 Å². The van der Waals surface area contributed by atoms with Crippen molar-refractivity contribution in [2.75, 3.05) is 0 Å². The van der Waals surface area contributed by atoms with Crippen LogP contribution in [0, 0.1) is 5.92 Å². The summed E-state index contributed by atoms with van der Waals surface area (Å²) in [4.78, 5) is 11.6. The highest BCUT2D eigenvalue weighted by Gasteiger charge is 2.19. The molecule has 18 heavy (non-hydrogen) atoms. The highest BCUT2D eigenvalue weighted by Crippen LogP contribution is 2.23. The molecule has 4 nitrogen and oxygen atoms in total. The van der Waals surface area contributed by atoms with Crippen molar-refractivity contribution in [1.82, 2.24) is 4.72 Å². The fraction of sp³-hybridized carbons (Fsp3) is 0.250. The lowest BCUT2D eigenvalue weighted by molar-refractivity contribution is -0.122. The lowest BCUT2D eigenvalue weighted by Gasteiger charge is -2.08. The molecule has 0 aliphatic heterocycles. The molecular weight excluding hydrogens is 270 g/mol. The number of rotatable bonds is 3. The van der Waals surface area contributed by atoms with E-state index in [1.807, 2.05) is 11.4 Å². The normalized spacial score (nSPS) is 11.9. The van der Waals surface area contributed by atoms with Crippen LogP contribution in [0.5, 0.6) is 0 Å². The fourth-order valence-electron chi connectivity index (χ4n) is 1.41. The lowest BCUT2D eigenvalue weighted by Crippen LogP contribution is -2.33. The van der Waals surface area contributed by atoms with Gasteiger partial charge >= 0.3 is 0 Å². The van der Waals surface area contributed by atoms with Crippen LogP contribution in [0.2, 0.25) is 0 Å². The van der Waals surface area contributed by atoms with Gasteiger partial charge in [0.1, 0.15) is 0 Å². The standard InChI is InChI=1S/C12H13NO3S2/c1-8(2)12(14)13-18(15,16)10-4-3-9-5-6-17-11(9)7-10/h3-8H,1-2H3,(H,13,14). The molecule has 0 radical (unpaired) electrons. The molecule has 0 aliphatic carbocycles. The van der Waals surface area contributed by atoms with Crippen LogP contribution < -0.4 is 4.72 Å². The zero-order valence-electron chi connectivity index (χ0n) is 10.0. The van der Waals surface area contributed by atoms with Gasteiger partial charge in [-0.1, -0.05) is 19.9 Å². The summed E-state index contributed by atoms with van der Waals surface area (Å²) in [7, 11) is -3.77. The Labute approximate surface area is 110 Å². The van der Waals surface area contributed by atoms with Crippen molar-refractivity contribution in [1.29, 1.82) is 0 Å². The van der Waals surface area contributed by atoms with Crippen molar-refractivity contribution < 1.29 is 13.2 Å². The molecule has 0 unspecified atom stereocenters. The monoisotopic (exact) mass is 283 g/mol. The summed E-state index contributed by atoms with van der Waals surface area (Å²) >= 11 is 1.47. The molecule has 2 rings (SSSR count). The minimum Gasteiger partial charge on any atom is -0.274 e. The quantitative estimate of drug-likeness (QED) is 0.940. The van der Waals surface area contributed by atoms with Crippen LogP contribution in [0.4, 0.5) is 0 Å². The molecule has 1 heterocycles. The van der Waals surface area contributed by atoms with E-state index in [9.17, 15) is 13.2 Å². The number of amides is 1. The lowest BCUT2D eigenvalue weighted by atomic mass is 10.2. The minimum absolute atomic E-state index is 0.117. The first-order valence-electron chi connectivity index (χ1n) is 5.44. The summed E-state index contributed by atoms with van der Waals surface area (Å²) in [6.07, 6.45) is 0. The number of thiophene rings is 1. The molecule has 0 spiro atoms. The predicted octanol–water partition coefficient (Wildman–Crippen LogP) is 2.36. The Morgan fingerprint density at radius 2 is 2.00 bits per heavy atom. The average molecular weight is 283 g/mol. The summed E-state index contributed by atoms with van der Waals surface area (Å²) in [5.74, 6) is -0.869. The Morgan fingerprint density at radius 1 is 1.28 bits per heavy atom. The van der Waals surface area contributed by atoms with Crippen molar-refractivity contribution in [2.45, 2.75) is 18.7 Å². The number of hydrogen-bond donors (Lipinski definition) is 1. The topological polar surface area (TPSA) is 63.2 Å². The van der Waals surface area contributed by atoms with E-state index in [1.165, 1.54) is 17.4 Å². The van der Waals surface area contributed by atoms with Crippen molar-refractivity contribution in [3.05, 3.63) is 29.6 Å². The number of carbonyl (C=O) groups excluding carboxylic acids is 1. The van der Waals surface area contributed by atoms with Gasteiger partial charge in [0, 0.05) is 10.6 Å². The molecule has 0 atom stereocenters. The van der Waals surface area contributed by atoms with E-state index in [0.29, 0.717) is 0 Å². The van der Waals surface area contributed by atoms with Crippen molar-refractivity contribution >= 4 is 37.4 Å². The molecule has 0 saturated heterocycles. The minimum atomic E-state index is -3.77. The predicted molar refractivity (Wildman–Crippen MR) is 72.0 cm³/mol. The maximum atomic E-state index is 12.0. The summed E-state index contributed by atoms with van der Waals surface area (Å²) in [6, 6.07) is 6.74. The van der Waals surface area contributed by atoms with E-state index in [0.717, 1.165) is 10.1 Å². The van der Waals surface area contributed by atoms with Crippen molar-refractivity contribution in [3.63, 3.8) is 0 Å². The highest BCUT2D eigenvalue weighted by molar-refractivity contribution is 7.90. The van der Waals surface area contributed by atoms with Crippen molar-refractivity contribution in [3.8, 4) is 0 Å². The Balaban J connectivity index is 2.37. The molecular formula is C12H13NO3S2. The van der Waals surface area contributed by atoms with Gasteiger partial charge in [0.25, 0.3) is 10.0 Å². The van der Waals surface area contributed by atoms with Crippen LogP contribution in [-0.4, -0.2) is 14.3 Å². The number of fused-ring (bicyclic) bond motifs is 1. The largest absolute Gasteiger partial charge is 0.274 e. The van der Waals surface area contributed by atoms with Gasteiger partial charge in [-0.05, 0) is 29.0 Å². The van der Waals surface area contributed by atoms with Gasteiger partial charge in [-0.15, -0.1) is 11.3 Å². The molecule has 96 valence electrons. The molecule has 0 fully saturated rings. The van der Waals surface area contributed by atoms with E-state index < -0.39 is 15.9 Å². The SMILES string of the molecule is CC(C)C(=O)NS(=O)(=O)c1ccc2ccsc2c1. The van der Waals surface area contributed by atoms with Crippen molar-refractivity contribution in [2.24, 2.45) is 5.92 Å². The Morgan fingerprint density at radius 3 is 2.67 bits per heavy atom. The first-order valence-corrected chi connectivity index (χ1v) is 7.80. The second kappa shape index (κ2) is 4.70. The molecule has 2 aromatic rings. The van der Waals surface area contributed by atoms with E-state index >= 15 is 0 Å². The number of benzene rings is 1. The van der Waals surface area contributed by atoms with Gasteiger partial charge < -0.3 is 0 Å². The second-order valence-electron chi connectivity index (χ2n) is 4.24. The third-order valence-electron chi connectivity index (χ3n) is 2.50. The maximum Gasteiger partial charge on any atom is 0.264 e. The van der Waals surface area contributed by atoms with Crippen LogP contribution >= 0.6 is 11.3 Å². The average Bonchev–Trinajstić information content (AvgIpc) is 2.74. The summed E-state index contributed by atoms with van der Waals surface area (Å²) in [6.45, 7) is 3.29. The van der Waals surface area contributed by atoms with Gasteiger partial charge in [-0.2, -0.15) is 0 Å². The summed E-state index contributed by atoms with van der Waals surface area (Å²) in [5, 5.41) is 2.89.